The van der Waals surface area contributed by atoms with Gasteiger partial charge in [-0.05, 0) is 49.9 Å². The predicted octanol–water partition coefficient (Wildman–Crippen LogP) is 2.63. The number of likely N-dealkylation sites (tertiary alicyclic amines) is 1. The lowest BCUT2D eigenvalue weighted by Crippen LogP contribution is -2.50. The summed E-state index contributed by atoms with van der Waals surface area (Å²) in [4.78, 5) is 12.4. The molecule has 1 aromatic rings. The van der Waals surface area contributed by atoms with E-state index in [0.29, 0.717) is 5.41 Å². The molecule has 24 heavy (non-hydrogen) atoms. The first-order chi connectivity index (χ1) is 11.5. The third-order valence-electron chi connectivity index (χ3n) is 5.46. The Morgan fingerprint density at radius 3 is 2.12 bits per heavy atom. The van der Waals surface area contributed by atoms with Gasteiger partial charge >= 0.3 is 0 Å². The normalized spacial score (nSPS) is 21.5. The molecule has 0 atom stereocenters. The van der Waals surface area contributed by atoms with E-state index in [0.717, 1.165) is 19.6 Å². The summed E-state index contributed by atoms with van der Waals surface area (Å²) in [5.41, 5.74) is 2.94. The van der Waals surface area contributed by atoms with Crippen LogP contribution in [0.3, 0.4) is 0 Å². The van der Waals surface area contributed by atoms with E-state index in [2.05, 4.69) is 46.5 Å². The third-order valence-corrected chi connectivity index (χ3v) is 5.46. The molecule has 3 heterocycles. The van der Waals surface area contributed by atoms with E-state index in [1.165, 1.54) is 63.4 Å². The molecule has 1 aromatic heterocycles. The average molecular weight is 331 g/mol. The SMILES string of the molecule is Cc1cccnc1CN1CCN(CC(C)(C)CN2CCCC2)CC1. The summed E-state index contributed by atoms with van der Waals surface area (Å²) in [5.74, 6) is 0. The maximum atomic E-state index is 4.55. The maximum absolute atomic E-state index is 4.55. The van der Waals surface area contributed by atoms with Crippen LogP contribution in [0.2, 0.25) is 0 Å². The van der Waals surface area contributed by atoms with E-state index >= 15 is 0 Å². The van der Waals surface area contributed by atoms with Gasteiger partial charge in [-0.2, -0.15) is 0 Å². The minimum absolute atomic E-state index is 0.393. The summed E-state index contributed by atoms with van der Waals surface area (Å²) in [7, 11) is 0. The van der Waals surface area contributed by atoms with Crippen LogP contribution >= 0.6 is 0 Å². The van der Waals surface area contributed by atoms with Crippen molar-refractivity contribution in [1.82, 2.24) is 19.7 Å². The van der Waals surface area contributed by atoms with Gasteiger partial charge in [0.1, 0.15) is 0 Å². The van der Waals surface area contributed by atoms with E-state index in [-0.39, 0.29) is 0 Å². The van der Waals surface area contributed by atoms with Crippen molar-refractivity contribution in [3.8, 4) is 0 Å². The predicted molar refractivity (Wildman–Crippen MR) is 100 cm³/mol. The summed E-state index contributed by atoms with van der Waals surface area (Å²) < 4.78 is 0. The smallest absolute Gasteiger partial charge is 0.0573 e. The summed E-state index contributed by atoms with van der Waals surface area (Å²) in [6.45, 7) is 17.8. The van der Waals surface area contributed by atoms with Gasteiger partial charge in [-0.3, -0.25) is 9.88 Å². The molecule has 0 spiro atoms. The van der Waals surface area contributed by atoms with E-state index in [1.807, 2.05) is 12.3 Å². The number of hydrogen-bond acceptors (Lipinski definition) is 4. The summed E-state index contributed by atoms with van der Waals surface area (Å²) in [6.07, 6.45) is 4.70. The summed E-state index contributed by atoms with van der Waals surface area (Å²) in [5, 5.41) is 0. The van der Waals surface area contributed by atoms with E-state index < -0.39 is 0 Å². The molecule has 2 aliphatic rings. The Hall–Kier alpha value is -0.970. The van der Waals surface area contributed by atoms with E-state index in [9.17, 15) is 0 Å². The monoisotopic (exact) mass is 330 g/mol. The molecule has 0 aromatic carbocycles. The maximum Gasteiger partial charge on any atom is 0.0573 e. The Balaban J connectivity index is 1.44. The zero-order valence-corrected chi connectivity index (χ0v) is 15.8. The van der Waals surface area contributed by atoms with Crippen LogP contribution < -0.4 is 0 Å². The van der Waals surface area contributed by atoms with E-state index in [1.54, 1.807) is 0 Å². The van der Waals surface area contributed by atoms with Crippen molar-refractivity contribution in [3.05, 3.63) is 29.6 Å². The zero-order chi connectivity index (χ0) is 17.0. The Labute approximate surface area is 147 Å². The molecule has 4 nitrogen and oxygen atoms in total. The highest BCUT2D eigenvalue weighted by Crippen LogP contribution is 2.22. The zero-order valence-electron chi connectivity index (χ0n) is 15.8. The third kappa shape index (κ3) is 5.01. The van der Waals surface area contributed by atoms with Crippen LogP contribution in [-0.4, -0.2) is 72.0 Å². The Morgan fingerprint density at radius 2 is 1.50 bits per heavy atom. The molecular formula is C20H34N4. The van der Waals surface area contributed by atoms with Crippen molar-refractivity contribution in [2.24, 2.45) is 5.41 Å². The van der Waals surface area contributed by atoms with Crippen LogP contribution in [0.5, 0.6) is 0 Å². The van der Waals surface area contributed by atoms with Gasteiger partial charge in [0.15, 0.2) is 0 Å². The average Bonchev–Trinajstić information content (AvgIpc) is 3.03. The second-order valence-electron chi connectivity index (χ2n) is 8.47. The van der Waals surface area contributed by atoms with Crippen molar-refractivity contribution in [1.29, 1.82) is 0 Å². The van der Waals surface area contributed by atoms with Crippen LogP contribution in [0.15, 0.2) is 18.3 Å². The number of pyridine rings is 1. The number of hydrogen-bond donors (Lipinski definition) is 0. The molecule has 0 unspecified atom stereocenters. The summed E-state index contributed by atoms with van der Waals surface area (Å²) in [6, 6.07) is 4.19. The fraction of sp³-hybridized carbons (Fsp3) is 0.750. The molecule has 3 rings (SSSR count). The van der Waals surface area contributed by atoms with Gasteiger partial charge in [0.05, 0.1) is 5.69 Å². The van der Waals surface area contributed by atoms with Crippen molar-refractivity contribution >= 4 is 0 Å². The molecule has 2 fully saturated rings. The van der Waals surface area contributed by atoms with Crippen LogP contribution in [0.25, 0.3) is 0 Å². The van der Waals surface area contributed by atoms with Crippen molar-refractivity contribution < 1.29 is 0 Å². The van der Waals surface area contributed by atoms with Crippen LogP contribution in [0.1, 0.15) is 37.9 Å². The first-order valence-corrected chi connectivity index (χ1v) is 9.59. The fourth-order valence-electron chi connectivity index (χ4n) is 4.20. The van der Waals surface area contributed by atoms with Gasteiger partial charge in [0.25, 0.3) is 0 Å². The first kappa shape index (κ1) is 17.8. The Kier molecular flexibility index (Phi) is 5.90. The minimum Gasteiger partial charge on any atom is -0.303 e. The van der Waals surface area contributed by atoms with Crippen molar-refractivity contribution in [2.75, 3.05) is 52.4 Å². The number of aromatic nitrogens is 1. The van der Waals surface area contributed by atoms with Gasteiger partial charge in [0.2, 0.25) is 0 Å². The molecular weight excluding hydrogens is 296 g/mol. The van der Waals surface area contributed by atoms with Crippen LogP contribution in [-0.2, 0) is 6.54 Å². The molecule has 2 saturated heterocycles. The largest absolute Gasteiger partial charge is 0.303 e. The van der Waals surface area contributed by atoms with Crippen molar-refractivity contribution in [3.63, 3.8) is 0 Å². The number of aryl methyl sites for hydroxylation is 1. The number of piperazine rings is 1. The second-order valence-corrected chi connectivity index (χ2v) is 8.47. The van der Waals surface area contributed by atoms with Gasteiger partial charge in [0, 0.05) is 52.0 Å². The molecule has 0 aliphatic carbocycles. The molecule has 0 bridgehead atoms. The lowest BCUT2D eigenvalue weighted by molar-refractivity contribution is 0.0778. The van der Waals surface area contributed by atoms with Crippen molar-refractivity contribution in [2.45, 2.75) is 40.2 Å². The highest BCUT2D eigenvalue weighted by Gasteiger charge is 2.28. The lowest BCUT2D eigenvalue weighted by Gasteiger charge is -2.40. The second kappa shape index (κ2) is 7.94. The summed E-state index contributed by atoms with van der Waals surface area (Å²) >= 11 is 0. The molecule has 0 amide bonds. The first-order valence-electron chi connectivity index (χ1n) is 9.59. The minimum atomic E-state index is 0.393. The van der Waals surface area contributed by atoms with Gasteiger partial charge in [-0.25, -0.2) is 0 Å². The Morgan fingerprint density at radius 1 is 0.917 bits per heavy atom. The standard InChI is InChI=1S/C20H34N4/c1-18-7-6-8-21-19(18)15-22-11-13-24(14-12-22)17-20(2,3)16-23-9-4-5-10-23/h6-8H,4-5,9-17H2,1-3H3. The highest BCUT2D eigenvalue weighted by atomic mass is 15.3. The Bertz CT molecular complexity index is 514. The molecule has 0 N–H and O–H groups in total. The topological polar surface area (TPSA) is 22.6 Å². The van der Waals surface area contributed by atoms with Crippen LogP contribution in [0.4, 0.5) is 0 Å². The molecule has 134 valence electrons. The lowest BCUT2D eigenvalue weighted by atomic mass is 9.91. The highest BCUT2D eigenvalue weighted by molar-refractivity contribution is 5.17. The molecule has 2 aliphatic heterocycles. The molecule has 0 radical (unpaired) electrons. The quantitative estimate of drug-likeness (QED) is 0.800. The van der Waals surface area contributed by atoms with Gasteiger partial charge < -0.3 is 9.80 Å². The van der Waals surface area contributed by atoms with E-state index in [4.69, 9.17) is 0 Å². The number of nitrogens with zero attached hydrogens (tertiary/aromatic N) is 4. The molecule has 4 heteroatoms. The van der Waals surface area contributed by atoms with Gasteiger partial charge in [-0.1, -0.05) is 19.9 Å². The van der Waals surface area contributed by atoms with Crippen LogP contribution in [0, 0.1) is 12.3 Å². The number of rotatable bonds is 6. The fourth-order valence-corrected chi connectivity index (χ4v) is 4.20. The van der Waals surface area contributed by atoms with Gasteiger partial charge in [-0.15, -0.1) is 0 Å². The molecule has 0 saturated carbocycles.